The summed E-state index contributed by atoms with van der Waals surface area (Å²) in [7, 11) is 4.67. The first kappa shape index (κ1) is 17.6. The van der Waals surface area contributed by atoms with Crippen molar-refractivity contribution in [3.63, 3.8) is 0 Å². The van der Waals surface area contributed by atoms with Crippen molar-refractivity contribution in [3.05, 3.63) is 48.7 Å². The van der Waals surface area contributed by atoms with Gasteiger partial charge in [-0.1, -0.05) is 12.1 Å². The zero-order valence-electron chi connectivity index (χ0n) is 15.6. The number of nitrogens with zero attached hydrogens (tertiary/aromatic N) is 4. The third-order valence-corrected chi connectivity index (χ3v) is 4.28. The van der Waals surface area contributed by atoms with Crippen LogP contribution in [0.3, 0.4) is 0 Å². The number of phenols is 1. The molecule has 1 N–H and O–H groups in total. The third-order valence-electron chi connectivity index (χ3n) is 4.28. The maximum atomic E-state index is 9.73. The van der Waals surface area contributed by atoms with Crippen LogP contribution in [0.1, 0.15) is 0 Å². The monoisotopic (exact) mass is 378 g/mol. The fourth-order valence-electron chi connectivity index (χ4n) is 2.99. The molecule has 0 aliphatic rings. The number of phenolic OH excluding ortho intramolecular Hbond substituents is 1. The van der Waals surface area contributed by atoms with Crippen LogP contribution in [0.15, 0.2) is 48.7 Å². The minimum absolute atomic E-state index is 0.152. The molecule has 142 valence electrons. The van der Waals surface area contributed by atoms with Crippen LogP contribution >= 0.6 is 0 Å². The lowest BCUT2D eigenvalue weighted by Gasteiger charge is -2.14. The van der Waals surface area contributed by atoms with Gasteiger partial charge in [0.15, 0.2) is 28.8 Å². The Balaban J connectivity index is 1.90. The zero-order valence-corrected chi connectivity index (χ0v) is 15.6. The first-order valence-corrected chi connectivity index (χ1v) is 8.46. The SMILES string of the molecule is COc1cc(-c2nccc3nc(-c4cccc(O)c4)nn23)cc(OC)c1OC. The van der Waals surface area contributed by atoms with E-state index in [0.29, 0.717) is 40.1 Å². The molecule has 2 aromatic carbocycles. The van der Waals surface area contributed by atoms with Crippen molar-refractivity contribution in [3.8, 4) is 45.8 Å². The fraction of sp³-hybridized carbons (Fsp3) is 0.150. The van der Waals surface area contributed by atoms with Gasteiger partial charge in [0, 0.05) is 23.4 Å². The minimum Gasteiger partial charge on any atom is -0.508 e. The van der Waals surface area contributed by atoms with Crippen LogP contribution in [-0.4, -0.2) is 46.0 Å². The lowest BCUT2D eigenvalue weighted by Crippen LogP contribution is -2.00. The summed E-state index contributed by atoms with van der Waals surface area (Å²) in [5.74, 6) is 2.74. The molecular formula is C20H18N4O4. The number of methoxy groups -OCH3 is 3. The second kappa shape index (κ2) is 7.07. The summed E-state index contributed by atoms with van der Waals surface area (Å²) in [6, 6.07) is 12.2. The van der Waals surface area contributed by atoms with Gasteiger partial charge >= 0.3 is 0 Å². The maximum Gasteiger partial charge on any atom is 0.203 e. The Morgan fingerprint density at radius 3 is 2.29 bits per heavy atom. The first-order chi connectivity index (χ1) is 13.6. The topological polar surface area (TPSA) is 91.0 Å². The Kier molecular flexibility index (Phi) is 4.44. The van der Waals surface area contributed by atoms with Crippen LogP contribution in [0.5, 0.6) is 23.0 Å². The first-order valence-electron chi connectivity index (χ1n) is 8.46. The van der Waals surface area contributed by atoms with Gasteiger partial charge in [-0.2, -0.15) is 4.52 Å². The zero-order chi connectivity index (χ0) is 19.7. The molecule has 0 amide bonds. The molecule has 0 radical (unpaired) electrons. The van der Waals surface area contributed by atoms with Crippen molar-refractivity contribution in [2.45, 2.75) is 0 Å². The number of rotatable bonds is 5. The van der Waals surface area contributed by atoms with E-state index in [4.69, 9.17) is 14.2 Å². The molecule has 0 saturated heterocycles. The normalized spacial score (nSPS) is 10.8. The molecule has 0 aliphatic carbocycles. The second-order valence-corrected chi connectivity index (χ2v) is 5.94. The summed E-state index contributed by atoms with van der Waals surface area (Å²) >= 11 is 0. The Labute approximate surface area is 161 Å². The summed E-state index contributed by atoms with van der Waals surface area (Å²) in [5.41, 5.74) is 2.06. The molecule has 0 atom stereocenters. The lowest BCUT2D eigenvalue weighted by molar-refractivity contribution is 0.324. The highest BCUT2D eigenvalue weighted by Crippen LogP contribution is 2.40. The summed E-state index contributed by atoms with van der Waals surface area (Å²) in [6.45, 7) is 0. The number of hydrogen-bond donors (Lipinski definition) is 1. The highest BCUT2D eigenvalue weighted by atomic mass is 16.5. The highest BCUT2D eigenvalue weighted by Gasteiger charge is 2.18. The van der Waals surface area contributed by atoms with E-state index in [1.807, 2.05) is 6.07 Å². The predicted molar refractivity (Wildman–Crippen MR) is 103 cm³/mol. The largest absolute Gasteiger partial charge is 0.508 e. The predicted octanol–water partition coefficient (Wildman–Crippen LogP) is 3.19. The molecule has 0 saturated carbocycles. The number of hydrogen-bond acceptors (Lipinski definition) is 7. The fourth-order valence-corrected chi connectivity index (χ4v) is 2.99. The van der Waals surface area contributed by atoms with Gasteiger partial charge in [0.25, 0.3) is 0 Å². The van der Waals surface area contributed by atoms with E-state index in [9.17, 15) is 5.11 Å². The van der Waals surface area contributed by atoms with Crippen LogP contribution in [0.25, 0.3) is 28.4 Å². The molecule has 2 heterocycles. The number of aromatic hydroxyl groups is 1. The van der Waals surface area contributed by atoms with Crippen molar-refractivity contribution < 1.29 is 19.3 Å². The molecule has 0 fully saturated rings. The Morgan fingerprint density at radius 1 is 0.893 bits per heavy atom. The molecule has 4 rings (SSSR count). The molecule has 8 nitrogen and oxygen atoms in total. The summed E-state index contributed by atoms with van der Waals surface area (Å²) in [5, 5.41) is 14.3. The molecule has 0 aliphatic heterocycles. The Morgan fingerprint density at radius 2 is 1.64 bits per heavy atom. The van der Waals surface area contributed by atoms with Crippen LogP contribution in [-0.2, 0) is 0 Å². The molecule has 28 heavy (non-hydrogen) atoms. The Bertz CT molecular complexity index is 1130. The number of ether oxygens (including phenoxy) is 3. The second-order valence-electron chi connectivity index (χ2n) is 5.94. The van der Waals surface area contributed by atoms with Gasteiger partial charge in [0.05, 0.1) is 21.3 Å². The van der Waals surface area contributed by atoms with Gasteiger partial charge < -0.3 is 19.3 Å². The van der Waals surface area contributed by atoms with E-state index < -0.39 is 0 Å². The molecule has 0 bridgehead atoms. The van der Waals surface area contributed by atoms with Gasteiger partial charge in [-0.15, -0.1) is 5.10 Å². The van der Waals surface area contributed by atoms with Gasteiger partial charge in [-0.25, -0.2) is 9.97 Å². The van der Waals surface area contributed by atoms with Gasteiger partial charge in [-0.05, 0) is 24.3 Å². The van der Waals surface area contributed by atoms with Gasteiger partial charge in [0.1, 0.15) is 5.75 Å². The molecule has 4 aromatic rings. The Hall–Kier alpha value is -3.81. The standard InChI is InChI=1S/C20H18N4O4/c1-26-15-10-13(11-16(27-2)18(15)28-3)20-21-8-7-17-22-19(23-24(17)20)12-5-4-6-14(25)9-12/h4-11,25H,1-3H3. The molecule has 0 spiro atoms. The van der Waals surface area contributed by atoms with E-state index in [0.717, 1.165) is 5.56 Å². The molecule has 8 heteroatoms. The van der Waals surface area contributed by atoms with E-state index in [1.165, 1.54) is 0 Å². The van der Waals surface area contributed by atoms with E-state index in [-0.39, 0.29) is 5.75 Å². The van der Waals surface area contributed by atoms with E-state index in [1.54, 1.807) is 68.4 Å². The summed E-state index contributed by atoms with van der Waals surface area (Å²) in [4.78, 5) is 9.01. The van der Waals surface area contributed by atoms with E-state index in [2.05, 4.69) is 15.1 Å². The average Bonchev–Trinajstić information content (AvgIpc) is 3.17. The van der Waals surface area contributed by atoms with Crippen molar-refractivity contribution in [1.29, 1.82) is 0 Å². The van der Waals surface area contributed by atoms with Crippen LogP contribution in [0.4, 0.5) is 0 Å². The van der Waals surface area contributed by atoms with E-state index >= 15 is 0 Å². The van der Waals surface area contributed by atoms with Crippen LogP contribution in [0.2, 0.25) is 0 Å². The van der Waals surface area contributed by atoms with Crippen LogP contribution in [0, 0.1) is 0 Å². The molecule has 2 aromatic heterocycles. The number of aromatic nitrogens is 4. The third kappa shape index (κ3) is 2.94. The maximum absolute atomic E-state index is 9.73. The van der Waals surface area contributed by atoms with Crippen molar-refractivity contribution in [1.82, 2.24) is 19.6 Å². The number of benzene rings is 2. The highest BCUT2D eigenvalue weighted by molar-refractivity contribution is 5.69. The van der Waals surface area contributed by atoms with Crippen molar-refractivity contribution >= 4 is 5.65 Å². The average molecular weight is 378 g/mol. The molecule has 0 unspecified atom stereocenters. The lowest BCUT2D eigenvalue weighted by atomic mass is 10.1. The van der Waals surface area contributed by atoms with Gasteiger partial charge in [0.2, 0.25) is 5.75 Å². The minimum atomic E-state index is 0.152. The van der Waals surface area contributed by atoms with Gasteiger partial charge in [-0.3, -0.25) is 0 Å². The van der Waals surface area contributed by atoms with Crippen molar-refractivity contribution in [2.75, 3.05) is 21.3 Å². The summed E-state index contributed by atoms with van der Waals surface area (Å²) in [6.07, 6.45) is 1.66. The number of fused-ring (bicyclic) bond motifs is 1. The summed E-state index contributed by atoms with van der Waals surface area (Å²) < 4.78 is 17.9. The molecular weight excluding hydrogens is 360 g/mol. The smallest absolute Gasteiger partial charge is 0.203 e. The van der Waals surface area contributed by atoms with Crippen molar-refractivity contribution in [2.24, 2.45) is 0 Å². The quantitative estimate of drug-likeness (QED) is 0.570. The van der Waals surface area contributed by atoms with Crippen LogP contribution < -0.4 is 14.2 Å².